The second kappa shape index (κ2) is 8.44. The standard InChI is InChI=1S/C21H24ClN3O2/c1-24(2)18-6-8-19(9-7-18)25-14-16(13-20(25)26)21(27)23-11-10-15-4-3-5-17(22)12-15/h3-9,12,16H,10-11,13-14H2,1-2H3,(H,23,27). The van der Waals surface area contributed by atoms with Gasteiger partial charge in [0.1, 0.15) is 0 Å². The Morgan fingerprint density at radius 3 is 2.63 bits per heavy atom. The number of nitrogens with zero attached hydrogens (tertiary/aromatic N) is 2. The van der Waals surface area contributed by atoms with Crippen molar-refractivity contribution >= 4 is 34.8 Å². The van der Waals surface area contributed by atoms with Gasteiger partial charge in [0.25, 0.3) is 0 Å². The van der Waals surface area contributed by atoms with Crippen molar-refractivity contribution in [2.45, 2.75) is 12.8 Å². The fraction of sp³-hybridized carbons (Fsp3) is 0.333. The van der Waals surface area contributed by atoms with E-state index in [1.165, 1.54) is 0 Å². The van der Waals surface area contributed by atoms with E-state index in [-0.39, 0.29) is 24.2 Å². The van der Waals surface area contributed by atoms with Gasteiger partial charge < -0.3 is 15.1 Å². The summed E-state index contributed by atoms with van der Waals surface area (Å²) in [5.41, 5.74) is 2.98. The van der Waals surface area contributed by atoms with E-state index in [0.717, 1.165) is 16.9 Å². The number of anilines is 2. The maximum atomic E-state index is 12.4. The molecule has 0 bridgehead atoms. The number of carbonyl (C=O) groups excluding carboxylic acids is 2. The molecule has 1 unspecified atom stereocenters. The number of hydrogen-bond donors (Lipinski definition) is 1. The predicted octanol–water partition coefficient (Wildman–Crippen LogP) is 3.12. The van der Waals surface area contributed by atoms with E-state index in [9.17, 15) is 9.59 Å². The average molecular weight is 386 g/mol. The molecule has 2 aromatic rings. The quantitative estimate of drug-likeness (QED) is 0.831. The van der Waals surface area contributed by atoms with Gasteiger partial charge in [-0.05, 0) is 48.4 Å². The maximum Gasteiger partial charge on any atom is 0.227 e. The van der Waals surface area contributed by atoms with E-state index in [1.54, 1.807) is 4.90 Å². The van der Waals surface area contributed by atoms with Crippen molar-refractivity contribution in [1.29, 1.82) is 0 Å². The lowest BCUT2D eigenvalue weighted by Crippen LogP contribution is -2.34. The van der Waals surface area contributed by atoms with Crippen molar-refractivity contribution in [1.82, 2.24) is 5.32 Å². The van der Waals surface area contributed by atoms with Crippen LogP contribution in [0.5, 0.6) is 0 Å². The smallest absolute Gasteiger partial charge is 0.227 e. The molecule has 2 amide bonds. The number of rotatable bonds is 6. The number of halogens is 1. The normalized spacial score (nSPS) is 16.5. The van der Waals surface area contributed by atoms with Gasteiger partial charge in [-0.1, -0.05) is 23.7 Å². The van der Waals surface area contributed by atoms with Crippen LogP contribution >= 0.6 is 11.6 Å². The van der Waals surface area contributed by atoms with E-state index in [0.29, 0.717) is 24.5 Å². The molecule has 0 radical (unpaired) electrons. The number of carbonyl (C=O) groups is 2. The molecular formula is C21H24ClN3O2. The van der Waals surface area contributed by atoms with E-state index < -0.39 is 0 Å². The highest BCUT2D eigenvalue weighted by Gasteiger charge is 2.34. The highest BCUT2D eigenvalue weighted by Crippen LogP contribution is 2.27. The minimum Gasteiger partial charge on any atom is -0.378 e. The van der Waals surface area contributed by atoms with Crippen LogP contribution in [0.15, 0.2) is 48.5 Å². The minimum absolute atomic E-state index is 0.0115. The second-order valence-corrected chi connectivity index (χ2v) is 7.42. The van der Waals surface area contributed by atoms with E-state index >= 15 is 0 Å². The van der Waals surface area contributed by atoms with Gasteiger partial charge in [-0.15, -0.1) is 0 Å². The van der Waals surface area contributed by atoms with Crippen LogP contribution in [0.4, 0.5) is 11.4 Å². The summed E-state index contributed by atoms with van der Waals surface area (Å²) < 4.78 is 0. The molecule has 1 aliphatic rings. The fourth-order valence-electron chi connectivity index (χ4n) is 3.23. The Balaban J connectivity index is 1.54. The Kier molecular flexibility index (Phi) is 6.01. The van der Waals surface area contributed by atoms with E-state index in [1.807, 2.05) is 67.5 Å². The molecule has 1 atom stereocenters. The van der Waals surface area contributed by atoms with Crippen LogP contribution in [0.1, 0.15) is 12.0 Å². The van der Waals surface area contributed by atoms with Gasteiger partial charge in [0.15, 0.2) is 0 Å². The number of hydrogen-bond acceptors (Lipinski definition) is 3. The first kappa shape index (κ1) is 19.2. The van der Waals surface area contributed by atoms with Crippen LogP contribution in [-0.4, -0.2) is 39.0 Å². The summed E-state index contributed by atoms with van der Waals surface area (Å²) in [5, 5.41) is 3.63. The zero-order chi connectivity index (χ0) is 19.4. The first-order valence-corrected chi connectivity index (χ1v) is 9.42. The van der Waals surface area contributed by atoms with Gasteiger partial charge in [0, 0.05) is 50.0 Å². The van der Waals surface area contributed by atoms with Crippen LogP contribution in [0.2, 0.25) is 5.02 Å². The molecule has 0 spiro atoms. The molecule has 6 heteroatoms. The minimum atomic E-state index is -0.314. The van der Waals surface area contributed by atoms with Gasteiger partial charge in [-0.25, -0.2) is 0 Å². The van der Waals surface area contributed by atoms with Crippen LogP contribution in [-0.2, 0) is 16.0 Å². The molecule has 1 fully saturated rings. The Hall–Kier alpha value is -2.53. The lowest BCUT2D eigenvalue weighted by Gasteiger charge is -2.19. The molecule has 1 heterocycles. The molecule has 2 aromatic carbocycles. The van der Waals surface area contributed by atoms with Crippen LogP contribution in [0, 0.1) is 5.92 Å². The van der Waals surface area contributed by atoms with Crippen LogP contribution in [0.3, 0.4) is 0 Å². The molecule has 1 N–H and O–H groups in total. The third kappa shape index (κ3) is 4.80. The Morgan fingerprint density at radius 1 is 1.22 bits per heavy atom. The summed E-state index contributed by atoms with van der Waals surface area (Å²) in [4.78, 5) is 28.5. The number of nitrogens with one attached hydrogen (secondary N) is 1. The summed E-state index contributed by atoms with van der Waals surface area (Å²) in [6.07, 6.45) is 0.959. The van der Waals surface area contributed by atoms with Gasteiger partial charge in [-0.2, -0.15) is 0 Å². The van der Waals surface area contributed by atoms with Crippen LogP contribution in [0.25, 0.3) is 0 Å². The lowest BCUT2D eigenvalue weighted by molar-refractivity contribution is -0.126. The third-order valence-electron chi connectivity index (χ3n) is 4.78. The van der Waals surface area contributed by atoms with Gasteiger partial charge in [-0.3, -0.25) is 9.59 Å². The van der Waals surface area contributed by atoms with Crippen molar-refractivity contribution < 1.29 is 9.59 Å². The van der Waals surface area contributed by atoms with Crippen molar-refractivity contribution in [2.75, 3.05) is 37.0 Å². The topological polar surface area (TPSA) is 52.6 Å². The van der Waals surface area contributed by atoms with Crippen molar-refractivity contribution in [3.63, 3.8) is 0 Å². The molecule has 0 saturated carbocycles. The Labute approximate surface area is 164 Å². The third-order valence-corrected chi connectivity index (χ3v) is 5.01. The second-order valence-electron chi connectivity index (χ2n) is 6.99. The molecular weight excluding hydrogens is 362 g/mol. The molecule has 1 saturated heterocycles. The number of benzene rings is 2. The SMILES string of the molecule is CN(C)c1ccc(N2CC(C(=O)NCCc3cccc(Cl)c3)CC2=O)cc1. The molecule has 142 valence electrons. The molecule has 3 rings (SSSR count). The van der Waals surface area contributed by atoms with Gasteiger partial charge in [0.2, 0.25) is 11.8 Å². The van der Waals surface area contributed by atoms with E-state index in [2.05, 4.69) is 5.32 Å². The zero-order valence-electron chi connectivity index (χ0n) is 15.6. The van der Waals surface area contributed by atoms with Crippen LogP contribution < -0.4 is 15.1 Å². The van der Waals surface area contributed by atoms with E-state index in [4.69, 9.17) is 11.6 Å². The first-order valence-electron chi connectivity index (χ1n) is 9.04. The Morgan fingerprint density at radius 2 is 1.96 bits per heavy atom. The highest BCUT2D eigenvalue weighted by molar-refractivity contribution is 6.30. The van der Waals surface area contributed by atoms with Crippen molar-refractivity contribution in [3.05, 3.63) is 59.1 Å². The summed E-state index contributed by atoms with van der Waals surface area (Å²) >= 11 is 5.97. The molecule has 5 nitrogen and oxygen atoms in total. The van der Waals surface area contributed by atoms with Crippen molar-refractivity contribution in [2.24, 2.45) is 5.92 Å². The molecule has 27 heavy (non-hydrogen) atoms. The first-order chi connectivity index (χ1) is 12.9. The monoisotopic (exact) mass is 385 g/mol. The Bertz CT molecular complexity index is 820. The largest absolute Gasteiger partial charge is 0.378 e. The van der Waals surface area contributed by atoms with Crippen molar-refractivity contribution in [3.8, 4) is 0 Å². The molecule has 0 aromatic heterocycles. The summed E-state index contributed by atoms with van der Waals surface area (Å²) in [7, 11) is 3.94. The summed E-state index contributed by atoms with van der Waals surface area (Å²) in [5.74, 6) is -0.397. The maximum absolute atomic E-state index is 12.4. The summed E-state index contributed by atoms with van der Waals surface area (Å²) in [6, 6.07) is 15.4. The highest BCUT2D eigenvalue weighted by atomic mass is 35.5. The average Bonchev–Trinajstić information content (AvgIpc) is 3.03. The van der Waals surface area contributed by atoms with Gasteiger partial charge >= 0.3 is 0 Å². The lowest BCUT2D eigenvalue weighted by atomic mass is 10.1. The van der Waals surface area contributed by atoms with Gasteiger partial charge in [0.05, 0.1) is 5.92 Å². The molecule has 1 aliphatic heterocycles. The molecule has 0 aliphatic carbocycles. The number of amides is 2. The fourth-order valence-corrected chi connectivity index (χ4v) is 3.44. The summed E-state index contributed by atoms with van der Waals surface area (Å²) in [6.45, 7) is 0.949. The zero-order valence-corrected chi connectivity index (χ0v) is 16.4. The predicted molar refractivity (Wildman–Crippen MR) is 109 cm³/mol.